The van der Waals surface area contributed by atoms with E-state index in [0.717, 1.165) is 5.56 Å². The number of nitrogens with zero attached hydrogens (tertiary/aromatic N) is 1. The molecule has 0 aromatic heterocycles. The van der Waals surface area contributed by atoms with Crippen LogP contribution in [0, 0.1) is 0 Å². The van der Waals surface area contributed by atoms with Gasteiger partial charge in [0.25, 0.3) is 0 Å². The Balaban J connectivity index is 1.45. The van der Waals surface area contributed by atoms with Gasteiger partial charge in [-0.2, -0.15) is 0 Å². The summed E-state index contributed by atoms with van der Waals surface area (Å²) in [6.45, 7) is 6.84. The molecule has 1 amide bonds. The number of amides is 1. The molecule has 1 fully saturated rings. The van der Waals surface area contributed by atoms with E-state index in [2.05, 4.69) is 0 Å². The molecule has 152 valence electrons. The molecule has 2 aliphatic heterocycles. The van der Waals surface area contributed by atoms with Gasteiger partial charge in [0.1, 0.15) is 18.3 Å². The zero-order valence-electron chi connectivity index (χ0n) is 16.3. The van der Waals surface area contributed by atoms with Crippen LogP contribution < -0.4 is 9.47 Å². The van der Waals surface area contributed by atoms with Crippen molar-refractivity contribution >= 4 is 18.1 Å². The summed E-state index contributed by atoms with van der Waals surface area (Å²) in [6, 6.07) is 5.39. The lowest BCUT2D eigenvalue weighted by Crippen LogP contribution is -2.48. The molecule has 8 heteroatoms. The molecule has 1 unspecified atom stereocenters. The van der Waals surface area contributed by atoms with Crippen LogP contribution in [0.1, 0.15) is 26.3 Å². The number of morpholine rings is 1. The maximum atomic E-state index is 12.1. The molecule has 1 atom stereocenters. The van der Waals surface area contributed by atoms with E-state index in [1.165, 1.54) is 6.08 Å². The maximum Gasteiger partial charge on any atom is 0.410 e. The van der Waals surface area contributed by atoms with Crippen LogP contribution in [-0.4, -0.2) is 61.8 Å². The number of ether oxygens (including phenoxy) is 5. The summed E-state index contributed by atoms with van der Waals surface area (Å²) in [4.78, 5) is 25.7. The minimum Gasteiger partial charge on any atom is -0.460 e. The van der Waals surface area contributed by atoms with Crippen molar-refractivity contribution in [1.82, 2.24) is 4.90 Å². The van der Waals surface area contributed by atoms with Crippen molar-refractivity contribution in [3.05, 3.63) is 29.8 Å². The quantitative estimate of drug-likeness (QED) is 0.576. The molecular weight excluding hydrogens is 366 g/mol. The Kier molecular flexibility index (Phi) is 6.08. The van der Waals surface area contributed by atoms with Gasteiger partial charge in [0.05, 0.1) is 13.2 Å². The first-order valence-corrected chi connectivity index (χ1v) is 9.14. The van der Waals surface area contributed by atoms with E-state index in [0.29, 0.717) is 31.2 Å². The van der Waals surface area contributed by atoms with E-state index >= 15 is 0 Å². The van der Waals surface area contributed by atoms with Crippen LogP contribution in [0.4, 0.5) is 4.79 Å². The van der Waals surface area contributed by atoms with Gasteiger partial charge in [0.2, 0.25) is 6.79 Å². The van der Waals surface area contributed by atoms with E-state index in [-0.39, 0.29) is 19.5 Å². The molecule has 2 aliphatic rings. The molecule has 28 heavy (non-hydrogen) atoms. The van der Waals surface area contributed by atoms with Crippen LogP contribution in [0.15, 0.2) is 24.3 Å². The first-order valence-electron chi connectivity index (χ1n) is 9.14. The predicted octanol–water partition coefficient (Wildman–Crippen LogP) is 2.61. The number of benzene rings is 1. The van der Waals surface area contributed by atoms with Crippen molar-refractivity contribution in [3.63, 3.8) is 0 Å². The largest absolute Gasteiger partial charge is 0.460 e. The van der Waals surface area contributed by atoms with Crippen LogP contribution in [-0.2, 0) is 19.0 Å². The summed E-state index contributed by atoms with van der Waals surface area (Å²) in [5.41, 5.74) is 0.239. The highest BCUT2D eigenvalue weighted by Crippen LogP contribution is 2.32. The van der Waals surface area contributed by atoms with Crippen LogP contribution >= 0.6 is 0 Å². The molecule has 8 nitrogen and oxygen atoms in total. The third kappa shape index (κ3) is 5.63. The Morgan fingerprint density at radius 2 is 2.04 bits per heavy atom. The van der Waals surface area contributed by atoms with E-state index < -0.39 is 17.7 Å². The molecule has 0 bridgehead atoms. The molecular formula is C20H25NO7. The summed E-state index contributed by atoms with van der Waals surface area (Å²) < 4.78 is 26.7. The van der Waals surface area contributed by atoms with Gasteiger partial charge in [-0.05, 0) is 44.5 Å². The molecule has 1 aromatic rings. The van der Waals surface area contributed by atoms with Crippen molar-refractivity contribution in [2.75, 3.05) is 33.1 Å². The zero-order valence-corrected chi connectivity index (χ0v) is 16.3. The predicted molar refractivity (Wildman–Crippen MR) is 100 cm³/mol. The minimum atomic E-state index is -0.559. The monoisotopic (exact) mass is 391 g/mol. The van der Waals surface area contributed by atoms with Gasteiger partial charge in [-0.15, -0.1) is 0 Å². The Morgan fingerprint density at radius 1 is 1.25 bits per heavy atom. The minimum absolute atomic E-state index is 0.0591. The second kappa shape index (κ2) is 8.52. The number of esters is 1. The number of carbonyl (C=O) groups is 2. The summed E-state index contributed by atoms with van der Waals surface area (Å²) in [5, 5.41) is 0. The molecule has 0 N–H and O–H groups in total. The van der Waals surface area contributed by atoms with Gasteiger partial charge in [-0.1, -0.05) is 6.07 Å². The molecule has 1 aromatic carbocycles. The number of rotatable bonds is 4. The third-order valence-corrected chi connectivity index (χ3v) is 4.01. The lowest BCUT2D eigenvalue weighted by molar-refractivity contribution is -0.144. The van der Waals surface area contributed by atoms with Crippen molar-refractivity contribution in [1.29, 1.82) is 0 Å². The Labute approximate surface area is 163 Å². The Hall–Kier alpha value is -2.74. The van der Waals surface area contributed by atoms with Gasteiger partial charge in [0, 0.05) is 12.6 Å². The molecule has 0 saturated carbocycles. The van der Waals surface area contributed by atoms with E-state index in [1.54, 1.807) is 23.1 Å². The third-order valence-electron chi connectivity index (χ3n) is 4.01. The van der Waals surface area contributed by atoms with E-state index in [1.807, 2.05) is 26.8 Å². The number of carbonyl (C=O) groups excluding carboxylic acids is 2. The van der Waals surface area contributed by atoms with Gasteiger partial charge in [-0.3, -0.25) is 0 Å². The van der Waals surface area contributed by atoms with Crippen LogP contribution in [0.25, 0.3) is 6.08 Å². The molecule has 2 heterocycles. The van der Waals surface area contributed by atoms with Gasteiger partial charge in [0.15, 0.2) is 11.5 Å². The Bertz CT molecular complexity index is 753. The summed E-state index contributed by atoms with van der Waals surface area (Å²) in [5.74, 6) is 0.840. The number of hydrogen-bond acceptors (Lipinski definition) is 7. The van der Waals surface area contributed by atoms with E-state index in [9.17, 15) is 9.59 Å². The highest BCUT2D eigenvalue weighted by Gasteiger charge is 2.28. The van der Waals surface area contributed by atoms with Crippen LogP contribution in [0.5, 0.6) is 11.5 Å². The SMILES string of the molecule is CC(C)(C)OC(=O)N1CCOC(COC(=O)/C=C/c2ccc3c(c2)OCO3)C1. The highest BCUT2D eigenvalue weighted by atomic mass is 16.7. The standard InChI is InChI=1S/C20H25NO7/c1-20(2,3)28-19(23)21-8-9-24-15(11-21)12-25-18(22)7-5-14-4-6-16-17(10-14)27-13-26-16/h4-7,10,15H,8-9,11-13H2,1-3H3/b7-5+. The molecule has 1 saturated heterocycles. The lowest BCUT2D eigenvalue weighted by atomic mass is 10.2. The van der Waals surface area contributed by atoms with E-state index in [4.69, 9.17) is 23.7 Å². The second-order valence-electron chi connectivity index (χ2n) is 7.50. The molecule has 0 aliphatic carbocycles. The van der Waals surface area contributed by atoms with Gasteiger partial charge >= 0.3 is 12.1 Å². The fourth-order valence-electron chi connectivity index (χ4n) is 2.72. The fourth-order valence-corrected chi connectivity index (χ4v) is 2.72. The van der Waals surface area contributed by atoms with Crippen LogP contribution in [0.2, 0.25) is 0 Å². The fraction of sp³-hybridized carbons (Fsp3) is 0.500. The zero-order chi connectivity index (χ0) is 20.1. The molecule has 0 radical (unpaired) electrons. The number of fused-ring (bicyclic) bond motifs is 1. The first-order chi connectivity index (χ1) is 13.3. The molecule has 0 spiro atoms. The summed E-state index contributed by atoms with van der Waals surface area (Å²) in [7, 11) is 0. The molecule has 3 rings (SSSR count). The smallest absolute Gasteiger partial charge is 0.410 e. The summed E-state index contributed by atoms with van der Waals surface area (Å²) in [6.07, 6.45) is 2.20. The highest BCUT2D eigenvalue weighted by molar-refractivity contribution is 5.87. The van der Waals surface area contributed by atoms with Crippen LogP contribution in [0.3, 0.4) is 0 Å². The van der Waals surface area contributed by atoms with Gasteiger partial charge in [-0.25, -0.2) is 9.59 Å². The van der Waals surface area contributed by atoms with Crippen molar-refractivity contribution in [3.8, 4) is 11.5 Å². The average Bonchev–Trinajstić information content (AvgIpc) is 3.11. The lowest BCUT2D eigenvalue weighted by Gasteiger charge is -2.33. The van der Waals surface area contributed by atoms with Crippen molar-refractivity contribution < 1.29 is 33.3 Å². The topological polar surface area (TPSA) is 83.5 Å². The normalized spacial score (nSPS) is 19.0. The Morgan fingerprint density at radius 3 is 2.82 bits per heavy atom. The second-order valence-corrected chi connectivity index (χ2v) is 7.50. The van der Waals surface area contributed by atoms with Crippen molar-refractivity contribution in [2.24, 2.45) is 0 Å². The average molecular weight is 391 g/mol. The van der Waals surface area contributed by atoms with Gasteiger partial charge < -0.3 is 28.6 Å². The van der Waals surface area contributed by atoms with Crippen molar-refractivity contribution in [2.45, 2.75) is 32.5 Å². The number of hydrogen-bond donors (Lipinski definition) is 0. The maximum absolute atomic E-state index is 12.1. The first kappa shape index (κ1) is 20.0. The summed E-state index contributed by atoms with van der Waals surface area (Å²) >= 11 is 0.